The zero-order chi connectivity index (χ0) is 24.7. The number of ether oxygens (including phenoxy) is 1. The minimum Gasteiger partial charge on any atom is -0.467 e. The molecule has 3 aromatic rings. The molecule has 0 aliphatic carbocycles. The van der Waals surface area contributed by atoms with Crippen LogP contribution in [0.4, 0.5) is 5.69 Å². The number of aromatic nitrogens is 2. The Hall–Kier alpha value is -3.97. The molecule has 0 radical (unpaired) electrons. The standard InChI is InChI=1S/C21H23N5O7S/c1-25-13-16(11-23-25)34(30,31)24-12-20(28)33-14-19(27)26(2)18-8-4-3-7-17(18)21(29)22-10-15-6-5-9-32-15/h3-9,11,13,24H,10,12,14H2,1-2H3,(H,22,29). The van der Waals surface area contributed by atoms with Crippen molar-refractivity contribution in [2.24, 2.45) is 7.05 Å². The number of carbonyl (C=O) groups excluding carboxylic acids is 3. The van der Waals surface area contributed by atoms with Gasteiger partial charge in [-0.1, -0.05) is 12.1 Å². The SMILES string of the molecule is CN(C(=O)COC(=O)CNS(=O)(=O)c1cnn(C)c1)c1ccccc1C(=O)NCc1ccco1. The fraction of sp³-hybridized carbons (Fsp3) is 0.238. The Labute approximate surface area is 195 Å². The lowest BCUT2D eigenvalue weighted by Gasteiger charge is -2.20. The van der Waals surface area contributed by atoms with Crippen molar-refractivity contribution in [3.8, 4) is 0 Å². The first-order valence-corrected chi connectivity index (χ1v) is 11.5. The first-order chi connectivity index (χ1) is 16.2. The second kappa shape index (κ2) is 10.8. The van der Waals surface area contributed by atoms with E-state index in [1.807, 2.05) is 0 Å². The van der Waals surface area contributed by atoms with Crippen LogP contribution in [0.25, 0.3) is 0 Å². The molecule has 0 aliphatic heterocycles. The molecule has 2 aromatic heterocycles. The van der Waals surface area contributed by atoms with Crippen LogP contribution in [0.1, 0.15) is 16.1 Å². The van der Waals surface area contributed by atoms with Gasteiger partial charge < -0.3 is 19.4 Å². The van der Waals surface area contributed by atoms with Crippen molar-refractivity contribution in [1.82, 2.24) is 19.8 Å². The summed E-state index contributed by atoms with van der Waals surface area (Å²) in [6.07, 6.45) is 3.90. The third kappa shape index (κ3) is 6.30. The predicted octanol–water partition coefficient (Wildman–Crippen LogP) is 0.428. The van der Waals surface area contributed by atoms with E-state index >= 15 is 0 Å². The molecule has 0 saturated heterocycles. The fourth-order valence-corrected chi connectivity index (χ4v) is 3.78. The summed E-state index contributed by atoms with van der Waals surface area (Å²) < 4.78 is 37.7. The van der Waals surface area contributed by atoms with Crippen molar-refractivity contribution in [1.29, 1.82) is 0 Å². The molecule has 0 aliphatic rings. The van der Waals surface area contributed by atoms with E-state index in [2.05, 4.69) is 15.1 Å². The number of rotatable bonds is 10. The highest BCUT2D eigenvalue weighted by Crippen LogP contribution is 2.19. The molecule has 12 nitrogen and oxygen atoms in total. The number of esters is 1. The Bertz CT molecular complexity index is 1270. The van der Waals surface area contributed by atoms with Crippen LogP contribution in [0, 0.1) is 0 Å². The monoisotopic (exact) mass is 489 g/mol. The molecule has 0 saturated carbocycles. The molecule has 13 heteroatoms. The molecule has 180 valence electrons. The fourth-order valence-electron chi connectivity index (χ4n) is 2.83. The van der Waals surface area contributed by atoms with E-state index in [9.17, 15) is 22.8 Å². The molecule has 2 heterocycles. The van der Waals surface area contributed by atoms with Gasteiger partial charge in [-0.3, -0.25) is 19.1 Å². The molecule has 0 bridgehead atoms. The minimum absolute atomic E-state index is 0.111. The lowest BCUT2D eigenvalue weighted by atomic mass is 10.1. The van der Waals surface area contributed by atoms with Crippen LogP contribution in [-0.2, 0) is 37.9 Å². The number of sulfonamides is 1. The minimum atomic E-state index is -3.95. The summed E-state index contributed by atoms with van der Waals surface area (Å²) in [6.45, 7) is -1.14. The van der Waals surface area contributed by atoms with Gasteiger partial charge in [0.05, 0.1) is 30.3 Å². The van der Waals surface area contributed by atoms with Crippen LogP contribution in [0.2, 0.25) is 0 Å². The van der Waals surface area contributed by atoms with Crippen LogP contribution in [0.5, 0.6) is 0 Å². The predicted molar refractivity (Wildman–Crippen MR) is 119 cm³/mol. The van der Waals surface area contributed by atoms with Gasteiger partial charge in [-0.25, -0.2) is 8.42 Å². The Balaban J connectivity index is 1.54. The Kier molecular flexibility index (Phi) is 7.81. The van der Waals surface area contributed by atoms with Crippen molar-refractivity contribution < 1.29 is 32.0 Å². The lowest BCUT2D eigenvalue weighted by molar-refractivity contribution is -0.146. The highest BCUT2D eigenvalue weighted by molar-refractivity contribution is 7.89. The number of carbonyl (C=O) groups is 3. The number of hydrogen-bond acceptors (Lipinski definition) is 8. The molecule has 0 unspecified atom stereocenters. The van der Waals surface area contributed by atoms with Crippen molar-refractivity contribution >= 4 is 33.5 Å². The van der Waals surface area contributed by atoms with Crippen LogP contribution in [0.15, 0.2) is 64.4 Å². The number of nitrogens with one attached hydrogen (secondary N) is 2. The van der Waals surface area contributed by atoms with Gasteiger partial charge in [-0.2, -0.15) is 9.82 Å². The third-order valence-electron chi connectivity index (χ3n) is 4.64. The van der Waals surface area contributed by atoms with E-state index in [4.69, 9.17) is 9.15 Å². The highest BCUT2D eigenvalue weighted by Gasteiger charge is 2.21. The maximum atomic E-state index is 12.6. The van der Waals surface area contributed by atoms with Crippen LogP contribution in [0.3, 0.4) is 0 Å². The van der Waals surface area contributed by atoms with E-state index in [0.717, 1.165) is 6.20 Å². The summed E-state index contributed by atoms with van der Waals surface area (Å²) in [5.74, 6) is -1.41. The second-order valence-electron chi connectivity index (χ2n) is 7.07. The van der Waals surface area contributed by atoms with Gasteiger partial charge in [0.1, 0.15) is 17.2 Å². The molecule has 3 rings (SSSR count). The smallest absolute Gasteiger partial charge is 0.321 e. The lowest BCUT2D eigenvalue weighted by Crippen LogP contribution is -2.36. The summed E-state index contributed by atoms with van der Waals surface area (Å²) in [6, 6.07) is 9.85. The average molecular weight is 490 g/mol. The van der Waals surface area contributed by atoms with Crippen molar-refractivity contribution in [2.45, 2.75) is 11.4 Å². The number of aryl methyl sites for hydroxylation is 1. The van der Waals surface area contributed by atoms with Gasteiger partial charge in [0.25, 0.3) is 11.8 Å². The Morgan fingerprint density at radius 3 is 2.62 bits per heavy atom. The highest BCUT2D eigenvalue weighted by atomic mass is 32.2. The molecule has 0 atom stereocenters. The van der Waals surface area contributed by atoms with E-state index < -0.39 is 41.0 Å². The maximum absolute atomic E-state index is 12.6. The first kappa shape index (κ1) is 24.7. The van der Waals surface area contributed by atoms with E-state index in [-0.39, 0.29) is 17.0 Å². The van der Waals surface area contributed by atoms with Crippen molar-refractivity contribution in [3.63, 3.8) is 0 Å². The number of benzene rings is 1. The van der Waals surface area contributed by atoms with E-state index in [1.54, 1.807) is 43.4 Å². The van der Waals surface area contributed by atoms with Gasteiger partial charge in [-0.15, -0.1) is 0 Å². The second-order valence-corrected chi connectivity index (χ2v) is 8.83. The topological polar surface area (TPSA) is 153 Å². The van der Waals surface area contributed by atoms with E-state index in [0.29, 0.717) is 11.4 Å². The Morgan fingerprint density at radius 1 is 1.18 bits per heavy atom. The van der Waals surface area contributed by atoms with Gasteiger partial charge >= 0.3 is 5.97 Å². The normalized spacial score (nSPS) is 11.1. The number of para-hydroxylation sites is 1. The number of furan rings is 1. The van der Waals surface area contributed by atoms with Crippen molar-refractivity contribution in [3.05, 3.63) is 66.4 Å². The quantitative estimate of drug-likeness (QED) is 0.389. The molecule has 1 aromatic carbocycles. The molecule has 2 N–H and O–H groups in total. The number of nitrogens with zero attached hydrogens (tertiary/aromatic N) is 3. The first-order valence-electron chi connectivity index (χ1n) is 9.97. The maximum Gasteiger partial charge on any atom is 0.321 e. The Morgan fingerprint density at radius 2 is 1.94 bits per heavy atom. The zero-order valence-corrected chi connectivity index (χ0v) is 19.2. The van der Waals surface area contributed by atoms with Crippen LogP contribution >= 0.6 is 0 Å². The van der Waals surface area contributed by atoms with Gasteiger partial charge in [0.15, 0.2) is 6.61 Å². The number of anilines is 1. The number of likely N-dealkylation sites (N-methyl/N-ethyl adjacent to an activating group) is 1. The summed E-state index contributed by atoms with van der Waals surface area (Å²) in [7, 11) is -0.968. The van der Waals surface area contributed by atoms with Gasteiger partial charge in [0, 0.05) is 20.3 Å². The molecular weight excluding hydrogens is 466 g/mol. The van der Waals surface area contributed by atoms with Gasteiger partial charge in [-0.05, 0) is 24.3 Å². The summed E-state index contributed by atoms with van der Waals surface area (Å²) >= 11 is 0. The number of hydrogen-bond donors (Lipinski definition) is 2. The van der Waals surface area contributed by atoms with Crippen molar-refractivity contribution in [2.75, 3.05) is 25.1 Å². The summed E-state index contributed by atoms with van der Waals surface area (Å²) in [4.78, 5) is 38.2. The molecule has 0 fully saturated rings. The molecule has 0 spiro atoms. The summed E-state index contributed by atoms with van der Waals surface area (Å²) in [5.41, 5.74) is 0.540. The third-order valence-corrected chi connectivity index (χ3v) is 6.00. The number of amides is 2. The van der Waals surface area contributed by atoms with Gasteiger partial charge in [0.2, 0.25) is 10.0 Å². The molecule has 34 heavy (non-hydrogen) atoms. The average Bonchev–Trinajstić information content (AvgIpc) is 3.51. The summed E-state index contributed by atoms with van der Waals surface area (Å²) in [5, 5.41) is 6.46. The zero-order valence-electron chi connectivity index (χ0n) is 18.4. The van der Waals surface area contributed by atoms with E-state index in [1.165, 1.54) is 29.1 Å². The van der Waals surface area contributed by atoms with Crippen LogP contribution in [-0.4, -0.2) is 56.2 Å². The molecule has 2 amide bonds. The molecular formula is C21H23N5O7S. The largest absolute Gasteiger partial charge is 0.467 e. The van der Waals surface area contributed by atoms with Crippen LogP contribution < -0.4 is 14.9 Å².